The second-order valence-electron chi connectivity index (χ2n) is 8.50. The number of carbonyl (C=O) groups excluding carboxylic acids is 2. The maximum atomic E-state index is 12.9. The fraction of sp³-hybridized carbons (Fsp3) is 0.269. The molecule has 3 atom stereocenters. The van der Waals surface area contributed by atoms with Crippen molar-refractivity contribution in [1.82, 2.24) is 14.8 Å². The minimum atomic E-state index is -0.255. The number of pyridine rings is 1. The summed E-state index contributed by atoms with van der Waals surface area (Å²) in [5, 5.41) is 10.0. The van der Waals surface area contributed by atoms with Crippen molar-refractivity contribution >= 4 is 11.8 Å². The molecular formula is C26H25N3O3. The normalized spacial score (nSPS) is 22.3. The van der Waals surface area contributed by atoms with Gasteiger partial charge in [0.05, 0.1) is 18.7 Å². The van der Waals surface area contributed by atoms with Gasteiger partial charge in [-0.3, -0.25) is 14.6 Å². The SMILES string of the molecule is Cc1ccccc1-c1ccc([C@@H]2[C@@H](CO)N3C(=O)CN(C(=O)c4ccncc4)C[C@@H]23)cc1. The maximum absolute atomic E-state index is 12.9. The van der Waals surface area contributed by atoms with Crippen molar-refractivity contribution in [3.63, 3.8) is 0 Å². The molecule has 3 aromatic rings. The van der Waals surface area contributed by atoms with Gasteiger partial charge < -0.3 is 14.9 Å². The molecular weight excluding hydrogens is 402 g/mol. The van der Waals surface area contributed by atoms with Gasteiger partial charge in [0, 0.05) is 30.4 Å². The lowest BCUT2D eigenvalue weighted by atomic mass is 9.73. The molecule has 0 saturated carbocycles. The van der Waals surface area contributed by atoms with E-state index in [-0.39, 0.29) is 43.0 Å². The highest BCUT2D eigenvalue weighted by Gasteiger charge is 2.54. The average molecular weight is 428 g/mol. The predicted molar refractivity (Wildman–Crippen MR) is 121 cm³/mol. The second-order valence-corrected chi connectivity index (χ2v) is 8.50. The van der Waals surface area contributed by atoms with Crippen LogP contribution in [0.4, 0.5) is 0 Å². The highest BCUT2D eigenvalue weighted by atomic mass is 16.3. The van der Waals surface area contributed by atoms with Gasteiger partial charge in [0.25, 0.3) is 5.91 Å². The molecule has 6 nitrogen and oxygen atoms in total. The first-order valence-corrected chi connectivity index (χ1v) is 10.9. The standard InChI is InChI=1S/C26H25N3O3/c1-17-4-2-3-5-21(17)18-6-8-19(9-7-18)25-22-14-28(15-24(31)29(22)23(25)16-30)26(32)20-10-12-27-13-11-20/h2-13,22-23,25,30H,14-16H2,1H3/t22-,23+,25-/m0/s1. The van der Waals surface area contributed by atoms with Crippen molar-refractivity contribution in [2.75, 3.05) is 19.7 Å². The van der Waals surface area contributed by atoms with Gasteiger partial charge in [-0.15, -0.1) is 0 Å². The Bertz CT molecular complexity index is 1150. The van der Waals surface area contributed by atoms with Crippen LogP contribution in [0.2, 0.25) is 0 Å². The van der Waals surface area contributed by atoms with Crippen LogP contribution < -0.4 is 0 Å². The van der Waals surface area contributed by atoms with E-state index in [0.717, 1.165) is 11.1 Å². The Morgan fingerprint density at radius 3 is 2.47 bits per heavy atom. The van der Waals surface area contributed by atoms with Crippen LogP contribution in [0.15, 0.2) is 73.1 Å². The maximum Gasteiger partial charge on any atom is 0.254 e. The number of aliphatic hydroxyl groups excluding tert-OH is 1. The van der Waals surface area contributed by atoms with E-state index in [1.165, 1.54) is 11.1 Å². The first-order chi connectivity index (χ1) is 15.6. The Morgan fingerprint density at radius 1 is 1.06 bits per heavy atom. The van der Waals surface area contributed by atoms with Gasteiger partial charge in [-0.1, -0.05) is 48.5 Å². The Balaban J connectivity index is 1.40. The van der Waals surface area contributed by atoms with Crippen LogP contribution in [0.1, 0.15) is 27.4 Å². The molecule has 162 valence electrons. The van der Waals surface area contributed by atoms with E-state index in [2.05, 4.69) is 48.3 Å². The van der Waals surface area contributed by atoms with Gasteiger partial charge in [-0.05, 0) is 41.3 Å². The number of benzene rings is 2. The molecule has 3 heterocycles. The van der Waals surface area contributed by atoms with Crippen molar-refractivity contribution < 1.29 is 14.7 Å². The number of hydrogen-bond donors (Lipinski definition) is 1. The third kappa shape index (κ3) is 3.37. The molecule has 1 aromatic heterocycles. The Morgan fingerprint density at radius 2 is 1.78 bits per heavy atom. The van der Waals surface area contributed by atoms with Crippen molar-refractivity contribution in [3.05, 3.63) is 89.7 Å². The number of rotatable bonds is 4. The largest absolute Gasteiger partial charge is 0.394 e. The zero-order chi connectivity index (χ0) is 22.2. The minimum absolute atomic E-state index is 0.0112. The number of carbonyl (C=O) groups is 2. The molecule has 5 rings (SSSR count). The topological polar surface area (TPSA) is 73.7 Å². The van der Waals surface area contributed by atoms with E-state index in [9.17, 15) is 14.7 Å². The third-order valence-corrected chi connectivity index (χ3v) is 6.72. The minimum Gasteiger partial charge on any atom is -0.394 e. The molecule has 0 radical (unpaired) electrons. The lowest BCUT2D eigenvalue weighted by Gasteiger charge is -2.58. The Kier molecular flexibility index (Phi) is 5.23. The molecule has 2 fully saturated rings. The van der Waals surface area contributed by atoms with Crippen molar-refractivity contribution in [2.24, 2.45) is 0 Å². The van der Waals surface area contributed by atoms with Crippen LogP contribution in [0, 0.1) is 6.92 Å². The molecule has 0 unspecified atom stereocenters. The summed E-state index contributed by atoms with van der Waals surface area (Å²) in [5.74, 6) is -0.292. The number of piperazine rings is 1. The number of aliphatic hydroxyl groups is 1. The highest BCUT2D eigenvalue weighted by Crippen LogP contribution is 2.43. The molecule has 6 heteroatoms. The number of nitrogens with zero attached hydrogens (tertiary/aromatic N) is 3. The number of fused-ring (bicyclic) bond motifs is 1. The van der Waals surface area contributed by atoms with E-state index in [4.69, 9.17) is 0 Å². The van der Waals surface area contributed by atoms with Gasteiger partial charge >= 0.3 is 0 Å². The lowest BCUT2D eigenvalue weighted by Crippen LogP contribution is -2.73. The Hall–Kier alpha value is -3.51. The number of hydrogen-bond acceptors (Lipinski definition) is 4. The van der Waals surface area contributed by atoms with E-state index >= 15 is 0 Å². The zero-order valence-electron chi connectivity index (χ0n) is 17.9. The van der Waals surface area contributed by atoms with Crippen LogP contribution in [0.25, 0.3) is 11.1 Å². The molecule has 2 aliphatic heterocycles. The summed E-state index contributed by atoms with van der Waals surface area (Å²) < 4.78 is 0. The molecule has 0 spiro atoms. The molecule has 2 aliphatic rings. The number of aryl methyl sites for hydroxylation is 1. The predicted octanol–water partition coefficient (Wildman–Crippen LogP) is 2.87. The molecule has 0 bridgehead atoms. The van der Waals surface area contributed by atoms with Crippen LogP contribution in [-0.4, -0.2) is 63.5 Å². The quantitative estimate of drug-likeness (QED) is 0.695. The first-order valence-electron chi connectivity index (χ1n) is 10.9. The molecule has 2 aromatic carbocycles. The smallest absolute Gasteiger partial charge is 0.254 e. The third-order valence-electron chi connectivity index (χ3n) is 6.72. The Labute approximate surface area is 187 Å². The fourth-order valence-electron chi connectivity index (χ4n) is 5.11. The molecule has 2 saturated heterocycles. The van der Waals surface area contributed by atoms with Crippen LogP contribution in [0.5, 0.6) is 0 Å². The summed E-state index contributed by atoms with van der Waals surface area (Å²) in [4.78, 5) is 33.1. The van der Waals surface area contributed by atoms with Crippen molar-refractivity contribution in [2.45, 2.75) is 24.9 Å². The summed E-state index contributed by atoms with van der Waals surface area (Å²) >= 11 is 0. The molecule has 0 aliphatic carbocycles. The van der Waals surface area contributed by atoms with Crippen molar-refractivity contribution in [3.8, 4) is 11.1 Å². The lowest BCUT2D eigenvalue weighted by molar-refractivity contribution is -0.159. The second kappa shape index (κ2) is 8.20. The van der Waals surface area contributed by atoms with Gasteiger partial charge in [0.2, 0.25) is 5.91 Å². The molecule has 32 heavy (non-hydrogen) atoms. The van der Waals surface area contributed by atoms with Gasteiger partial charge in [0.15, 0.2) is 0 Å². The van der Waals surface area contributed by atoms with E-state index < -0.39 is 0 Å². The number of amides is 2. The summed E-state index contributed by atoms with van der Waals surface area (Å²) in [7, 11) is 0. The average Bonchev–Trinajstić information content (AvgIpc) is 2.81. The van der Waals surface area contributed by atoms with Gasteiger partial charge in [0.1, 0.15) is 6.54 Å². The highest BCUT2D eigenvalue weighted by molar-refractivity contribution is 5.97. The summed E-state index contributed by atoms with van der Waals surface area (Å²) in [6.45, 7) is 2.49. The van der Waals surface area contributed by atoms with Gasteiger partial charge in [-0.2, -0.15) is 0 Å². The van der Waals surface area contributed by atoms with Crippen LogP contribution >= 0.6 is 0 Å². The molecule has 1 N–H and O–H groups in total. The number of aromatic nitrogens is 1. The first kappa shape index (κ1) is 20.4. The van der Waals surface area contributed by atoms with E-state index in [1.54, 1.807) is 34.3 Å². The van der Waals surface area contributed by atoms with Gasteiger partial charge in [-0.25, -0.2) is 0 Å². The summed E-state index contributed by atoms with van der Waals surface area (Å²) in [5.41, 5.74) is 5.14. The molecule has 2 amide bonds. The van der Waals surface area contributed by atoms with Crippen LogP contribution in [-0.2, 0) is 4.79 Å². The van der Waals surface area contributed by atoms with E-state index in [0.29, 0.717) is 12.1 Å². The monoisotopic (exact) mass is 427 g/mol. The van der Waals surface area contributed by atoms with E-state index in [1.807, 2.05) is 12.1 Å². The summed E-state index contributed by atoms with van der Waals surface area (Å²) in [6.07, 6.45) is 3.16. The van der Waals surface area contributed by atoms with Crippen LogP contribution in [0.3, 0.4) is 0 Å². The summed E-state index contributed by atoms with van der Waals surface area (Å²) in [6, 6.07) is 19.6. The zero-order valence-corrected chi connectivity index (χ0v) is 17.9. The van der Waals surface area contributed by atoms with Crippen molar-refractivity contribution in [1.29, 1.82) is 0 Å². The fourth-order valence-corrected chi connectivity index (χ4v) is 5.11.